The van der Waals surface area contributed by atoms with Crippen molar-refractivity contribution >= 4 is 12.4 Å². The van der Waals surface area contributed by atoms with Gasteiger partial charge in [0, 0.05) is 0 Å². The highest BCUT2D eigenvalue weighted by molar-refractivity contribution is 5.85. The Bertz CT molecular complexity index is 337. The molecule has 1 nitrogen and oxygen atoms in total. The maximum Gasteiger partial charge on any atom is 0.407 e. The number of hydrogen-bond donors (Lipinski definition) is 1. The molecule has 15 heavy (non-hydrogen) atoms. The Labute approximate surface area is 90.7 Å². The molecule has 86 valence electrons. The number of hydrogen-bond acceptors (Lipinski definition) is 1. The van der Waals surface area contributed by atoms with Crippen LogP contribution in [0.5, 0.6) is 0 Å². The molecule has 0 unspecified atom stereocenters. The molecule has 1 aromatic rings. The maximum absolute atomic E-state index is 12.7. The zero-order valence-electron chi connectivity index (χ0n) is 7.81. The fourth-order valence-electron chi connectivity index (χ4n) is 1.12. The lowest BCUT2D eigenvalue weighted by atomic mass is 10.0. The molecule has 0 amide bonds. The van der Waals surface area contributed by atoms with Crippen molar-refractivity contribution in [2.24, 2.45) is 5.73 Å². The van der Waals surface area contributed by atoms with Crippen LogP contribution in [0.15, 0.2) is 18.2 Å². The third-order valence-electron chi connectivity index (χ3n) is 1.93. The summed E-state index contributed by atoms with van der Waals surface area (Å²) in [5, 5.41) is 0. The topological polar surface area (TPSA) is 26.0 Å². The van der Waals surface area contributed by atoms with E-state index in [1.807, 2.05) is 0 Å². The molecule has 1 aromatic carbocycles. The molecule has 0 bridgehead atoms. The van der Waals surface area contributed by atoms with Gasteiger partial charge in [0.05, 0.1) is 0 Å². The molecule has 0 aliphatic rings. The van der Waals surface area contributed by atoms with E-state index < -0.39 is 18.0 Å². The molecule has 1 atom stereocenters. The van der Waals surface area contributed by atoms with Crippen LogP contribution in [0.25, 0.3) is 0 Å². The minimum atomic E-state index is -4.54. The Morgan fingerprint density at radius 1 is 1.27 bits per heavy atom. The lowest BCUT2D eigenvalue weighted by molar-refractivity contribution is -0.149. The van der Waals surface area contributed by atoms with Crippen molar-refractivity contribution in [2.75, 3.05) is 0 Å². The Morgan fingerprint density at radius 2 is 1.80 bits per heavy atom. The van der Waals surface area contributed by atoms with E-state index in [2.05, 4.69) is 0 Å². The molecule has 0 aliphatic carbocycles. The molecule has 1 rings (SSSR count). The van der Waals surface area contributed by atoms with Gasteiger partial charge in [0.15, 0.2) is 0 Å². The first-order valence-electron chi connectivity index (χ1n) is 3.90. The largest absolute Gasteiger partial charge is 0.407 e. The van der Waals surface area contributed by atoms with Gasteiger partial charge in [0.1, 0.15) is 11.9 Å². The number of alkyl halides is 3. The predicted octanol–water partition coefficient (Wildman–Crippen LogP) is 3.12. The minimum Gasteiger partial charge on any atom is -0.316 e. The zero-order chi connectivity index (χ0) is 10.9. The zero-order valence-corrected chi connectivity index (χ0v) is 8.62. The van der Waals surface area contributed by atoms with Crippen LogP contribution in [0, 0.1) is 12.7 Å². The standard InChI is InChI=1S/C9H9F4N.ClH/c1-5-2-3-6(10)4-7(5)8(14)9(11,12)13;/h2-4,8H,14H2,1H3;1H/t8-;/m1./s1. The van der Waals surface area contributed by atoms with Crippen molar-refractivity contribution in [1.29, 1.82) is 0 Å². The van der Waals surface area contributed by atoms with Gasteiger partial charge >= 0.3 is 6.18 Å². The van der Waals surface area contributed by atoms with Crippen LogP contribution >= 0.6 is 12.4 Å². The second-order valence-corrected chi connectivity index (χ2v) is 3.02. The summed E-state index contributed by atoms with van der Waals surface area (Å²) in [4.78, 5) is 0. The summed E-state index contributed by atoms with van der Waals surface area (Å²) in [6, 6.07) is 1.06. The van der Waals surface area contributed by atoms with Gasteiger partial charge in [-0.05, 0) is 30.2 Å². The van der Waals surface area contributed by atoms with E-state index in [0.29, 0.717) is 5.56 Å². The molecule has 2 N–H and O–H groups in total. The van der Waals surface area contributed by atoms with Gasteiger partial charge < -0.3 is 5.73 Å². The van der Waals surface area contributed by atoms with E-state index in [-0.39, 0.29) is 18.0 Å². The molecular formula is C9H10ClF4N. The Hall–Kier alpha value is -0.810. The number of aryl methyl sites for hydroxylation is 1. The van der Waals surface area contributed by atoms with E-state index >= 15 is 0 Å². The Morgan fingerprint density at radius 3 is 2.27 bits per heavy atom. The summed E-state index contributed by atoms with van der Waals surface area (Å²) in [6.07, 6.45) is -4.54. The monoisotopic (exact) mass is 243 g/mol. The van der Waals surface area contributed by atoms with Gasteiger partial charge in [-0.25, -0.2) is 4.39 Å². The normalized spacial score (nSPS) is 13.2. The van der Waals surface area contributed by atoms with E-state index in [0.717, 1.165) is 12.1 Å². The quantitative estimate of drug-likeness (QED) is 0.754. The second-order valence-electron chi connectivity index (χ2n) is 3.02. The third-order valence-corrected chi connectivity index (χ3v) is 1.93. The summed E-state index contributed by atoms with van der Waals surface area (Å²) in [7, 11) is 0. The van der Waals surface area contributed by atoms with Gasteiger partial charge in [-0.3, -0.25) is 0 Å². The summed E-state index contributed by atoms with van der Waals surface area (Å²) < 4.78 is 49.3. The molecule has 0 spiro atoms. The molecule has 0 saturated carbocycles. The molecule has 0 fully saturated rings. The minimum absolute atomic E-state index is 0. The van der Waals surface area contributed by atoms with Crippen LogP contribution in [0.1, 0.15) is 17.2 Å². The van der Waals surface area contributed by atoms with E-state index in [9.17, 15) is 17.6 Å². The van der Waals surface area contributed by atoms with Crippen LogP contribution in [0.4, 0.5) is 17.6 Å². The van der Waals surface area contributed by atoms with Crippen molar-refractivity contribution in [2.45, 2.75) is 19.1 Å². The van der Waals surface area contributed by atoms with Gasteiger partial charge in [-0.1, -0.05) is 6.07 Å². The average Bonchev–Trinajstić information content (AvgIpc) is 2.06. The molecule has 6 heteroatoms. The van der Waals surface area contributed by atoms with Crippen molar-refractivity contribution in [3.8, 4) is 0 Å². The van der Waals surface area contributed by atoms with Crippen LogP contribution in [0.3, 0.4) is 0 Å². The lowest BCUT2D eigenvalue weighted by Gasteiger charge is -2.17. The van der Waals surface area contributed by atoms with Crippen LogP contribution in [-0.2, 0) is 0 Å². The predicted molar refractivity (Wildman–Crippen MR) is 51.4 cm³/mol. The van der Waals surface area contributed by atoms with Gasteiger partial charge in [-0.2, -0.15) is 13.2 Å². The van der Waals surface area contributed by atoms with Crippen LogP contribution in [-0.4, -0.2) is 6.18 Å². The number of benzene rings is 1. The highest BCUT2D eigenvalue weighted by atomic mass is 35.5. The lowest BCUT2D eigenvalue weighted by Crippen LogP contribution is -2.29. The number of nitrogens with two attached hydrogens (primary N) is 1. The first kappa shape index (κ1) is 14.2. The summed E-state index contributed by atoms with van der Waals surface area (Å²) >= 11 is 0. The number of rotatable bonds is 1. The van der Waals surface area contributed by atoms with Crippen LogP contribution in [0.2, 0.25) is 0 Å². The van der Waals surface area contributed by atoms with E-state index in [4.69, 9.17) is 5.73 Å². The molecule has 0 aliphatic heterocycles. The van der Waals surface area contributed by atoms with Gasteiger partial charge in [-0.15, -0.1) is 12.4 Å². The average molecular weight is 244 g/mol. The smallest absolute Gasteiger partial charge is 0.316 e. The molecule has 0 aromatic heterocycles. The third kappa shape index (κ3) is 3.35. The fourth-order valence-corrected chi connectivity index (χ4v) is 1.12. The molecule has 0 heterocycles. The fraction of sp³-hybridized carbons (Fsp3) is 0.333. The number of halogens is 5. The maximum atomic E-state index is 12.7. The van der Waals surface area contributed by atoms with Crippen molar-refractivity contribution < 1.29 is 17.6 Å². The SMILES string of the molecule is Cc1ccc(F)cc1[C@@H](N)C(F)(F)F.Cl. The van der Waals surface area contributed by atoms with Crippen molar-refractivity contribution in [3.05, 3.63) is 35.1 Å². The van der Waals surface area contributed by atoms with Gasteiger partial charge in [0.2, 0.25) is 0 Å². The molecular weight excluding hydrogens is 234 g/mol. The first-order valence-corrected chi connectivity index (χ1v) is 3.90. The van der Waals surface area contributed by atoms with Crippen molar-refractivity contribution in [3.63, 3.8) is 0 Å². The Kier molecular flexibility index (Phi) is 4.55. The Balaban J connectivity index is 0.00000196. The van der Waals surface area contributed by atoms with Gasteiger partial charge in [0.25, 0.3) is 0 Å². The first-order chi connectivity index (χ1) is 6.32. The molecule has 0 radical (unpaired) electrons. The highest BCUT2D eigenvalue weighted by Gasteiger charge is 2.38. The van der Waals surface area contributed by atoms with Crippen molar-refractivity contribution in [1.82, 2.24) is 0 Å². The van der Waals surface area contributed by atoms with E-state index in [1.54, 1.807) is 0 Å². The second kappa shape index (κ2) is 4.81. The van der Waals surface area contributed by atoms with Crippen LogP contribution < -0.4 is 5.73 Å². The summed E-state index contributed by atoms with van der Waals surface area (Å²) in [5.41, 5.74) is 5.06. The summed E-state index contributed by atoms with van der Waals surface area (Å²) in [6.45, 7) is 1.46. The summed E-state index contributed by atoms with van der Waals surface area (Å²) in [5.74, 6) is -0.717. The van der Waals surface area contributed by atoms with E-state index in [1.165, 1.54) is 13.0 Å². The molecule has 0 saturated heterocycles. The highest BCUT2D eigenvalue weighted by Crippen LogP contribution is 2.32.